The summed E-state index contributed by atoms with van der Waals surface area (Å²) in [6, 6.07) is 24.5. The zero-order chi connectivity index (χ0) is 18.5. The SMILES string of the molecule is O=C(NCc1ccccc1)c1nnc(CSc2ccc3ccccc3c2)s1. The number of hydrogen-bond donors (Lipinski definition) is 1. The van der Waals surface area contributed by atoms with Crippen LogP contribution in [0.15, 0.2) is 77.7 Å². The van der Waals surface area contributed by atoms with E-state index in [0.717, 1.165) is 10.6 Å². The fourth-order valence-corrected chi connectivity index (χ4v) is 4.35. The normalized spacial score (nSPS) is 10.8. The van der Waals surface area contributed by atoms with Crippen LogP contribution in [0.3, 0.4) is 0 Å². The molecule has 1 heterocycles. The Kier molecular flexibility index (Phi) is 5.46. The Bertz CT molecular complexity index is 1060. The Balaban J connectivity index is 1.35. The lowest BCUT2D eigenvalue weighted by Crippen LogP contribution is -2.22. The number of aromatic nitrogens is 2. The van der Waals surface area contributed by atoms with Crippen molar-refractivity contribution in [1.29, 1.82) is 0 Å². The molecule has 3 aromatic carbocycles. The van der Waals surface area contributed by atoms with Crippen LogP contribution >= 0.6 is 23.1 Å². The van der Waals surface area contributed by atoms with E-state index in [9.17, 15) is 4.79 Å². The molecule has 0 atom stereocenters. The third-order valence-electron chi connectivity index (χ3n) is 4.04. The van der Waals surface area contributed by atoms with Crippen LogP contribution in [-0.2, 0) is 12.3 Å². The molecule has 0 saturated carbocycles. The van der Waals surface area contributed by atoms with E-state index < -0.39 is 0 Å². The van der Waals surface area contributed by atoms with Crippen LogP contribution in [0.5, 0.6) is 0 Å². The van der Waals surface area contributed by atoms with Gasteiger partial charge in [0.15, 0.2) is 0 Å². The van der Waals surface area contributed by atoms with Gasteiger partial charge in [-0.05, 0) is 28.5 Å². The highest BCUT2D eigenvalue weighted by Gasteiger charge is 2.12. The maximum absolute atomic E-state index is 12.2. The number of fused-ring (bicyclic) bond motifs is 1. The van der Waals surface area contributed by atoms with Crippen molar-refractivity contribution in [2.24, 2.45) is 0 Å². The molecule has 0 fully saturated rings. The number of thioether (sulfide) groups is 1. The van der Waals surface area contributed by atoms with E-state index in [1.165, 1.54) is 27.0 Å². The number of amides is 1. The molecule has 0 bridgehead atoms. The summed E-state index contributed by atoms with van der Waals surface area (Å²) in [4.78, 5) is 13.4. The fraction of sp³-hybridized carbons (Fsp3) is 0.0952. The van der Waals surface area contributed by atoms with E-state index in [4.69, 9.17) is 0 Å². The first-order valence-corrected chi connectivity index (χ1v) is 10.3. The van der Waals surface area contributed by atoms with Crippen LogP contribution in [-0.4, -0.2) is 16.1 Å². The summed E-state index contributed by atoms with van der Waals surface area (Å²) < 4.78 is 0. The largest absolute Gasteiger partial charge is 0.346 e. The summed E-state index contributed by atoms with van der Waals surface area (Å²) >= 11 is 3.04. The third kappa shape index (κ3) is 4.53. The highest BCUT2D eigenvalue weighted by atomic mass is 32.2. The Morgan fingerprint density at radius 1 is 0.926 bits per heavy atom. The van der Waals surface area contributed by atoms with Gasteiger partial charge in [0.25, 0.3) is 5.91 Å². The van der Waals surface area contributed by atoms with Crippen molar-refractivity contribution in [2.75, 3.05) is 0 Å². The summed E-state index contributed by atoms with van der Waals surface area (Å²) in [6.07, 6.45) is 0. The number of hydrogen-bond acceptors (Lipinski definition) is 5. The quantitative estimate of drug-likeness (QED) is 0.474. The highest BCUT2D eigenvalue weighted by Crippen LogP contribution is 2.27. The first kappa shape index (κ1) is 17.7. The molecular formula is C21H17N3OS2. The fourth-order valence-electron chi connectivity index (χ4n) is 2.66. The van der Waals surface area contributed by atoms with Crippen molar-refractivity contribution >= 4 is 39.8 Å². The third-order valence-corrected chi connectivity index (χ3v) is 6.15. The smallest absolute Gasteiger partial charge is 0.282 e. The van der Waals surface area contributed by atoms with Gasteiger partial charge in [-0.25, -0.2) is 0 Å². The van der Waals surface area contributed by atoms with Gasteiger partial charge in [0.05, 0.1) is 5.75 Å². The van der Waals surface area contributed by atoms with Gasteiger partial charge in [0.2, 0.25) is 5.01 Å². The maximum Gasteiger partial charge on any atom is 0.282 e. The molecule has 4 aromatic rings. The molecule has 0 spiro atoms. The summed E-state index contributed by atoms with van der Waals surface area (Å²) in [6.45, 7) is 0.487. The van der Waals surface area contributed by atoms with E-state index in [1.807, 2.05) is 42.5 Å². The Morgan fingerprint density at radius 3 is 2.56 bits per heavy atom. The van der Waals surface area contributed by atoms with Gasteiger partial charge in [-0.1, -0.05) is 72.0 Å². The highest BCUT2D eigenvalue weighted by molar-refractivity contribution is 7.98. The lowest BCUT2D eigenvalue weighted by molar-refractivity contribution is 0.0950. The van der Waals surface area contributed by atoms with E-state index >= 15 is 0 Å². The molecule has 1 N–H and O–H groups in total. The first-order valence-electron chi connectivity index (χ1n) is 8.54. The van der Waals surface area contributed by atoms with E-state index in [0.29, 0.717) is 17.3 Å². The Morgan fingerprint density at radius 2 is 1.70 bits per heavy atom. The lowest BCUT2D eigenvalue weighted by atomic mass is 10.1. The molecule has 1 aromatic heterocycles. The average molecular weight is 392 g/mol. The van der Waals surface area contributed by atoms with Crippen LogP contribution in [0, 0.1) is 0 Å². The van der Waals surface area contributed by atoms with E-state index in [1.54, 1.807) is 11.8 Å². The summed E-state index contributed by atoms with van der Waals surface area (Å²) in [5.74, 6) is 0.514. The first-order chi connectivity index (χ1) is 13.3. The molecule has 0 saturated heterocycles. The lowest BCUT2D eigenvalue weighted by Gasteiger charge is -2.02. The van der Waals surface area contributed by atoms with Crippen molar-refractivity contribution < 1.29 is 4.79 Å². The van der Waals surface area contributed by atoms with E-state index in [2.05, 4.69) is 45.8 Å². The molecule has 134 valence electrons. The summed E-state index contributed by atoms with van der Waals surface area (Å²) in [5.41, 5.74) is 1.06. The molecule has 27 heavy (non-hydrogen) atoms. The zero-order valence-corrected chi connectivity index (χ0v) is 16.1. The number of benzene rings is 3. The number of carbonyl (C=O) groups excluding carboxylic acids is 1. The monoisotopic (exact) mass is 391 g/mol. The molecule has 0 aliphatic carbocycles. The Labute approximate surface area is 165 Å². The second-order valence-corrected chi connectivity index (χ2v) is 8.08. The van der Waals surface area contributed by atoms with Crippen molar-refractivity contribution in [3.05, 3.63) is 88.4 Å². The van der Waals surface area contributed by atoms with Crippen LogP contribution < -0.4 is 5.32 Å². The molecule has 0 aliphatic rings. The van der Waals surface area contributed by atoms with Crippen molar-refractivity contribution in [1.82, 2.24) is 15.5 Å². The van der Waals surface area contributed by atoms with Crippen molar-refractivity contribution in [3.8, 4) is 0 Å². The van der Waals surface area contributed by atoms with Crippen LogP contribution in [0.2, 0.25) is 0 Å². The minimum absolute atomic E-state index is 0.182. The molecule has 0 radical (unpaired) electrons. The number of carbonyl (C=O) groups is 1. The maximum atomic E-state index is 12.2. The van der Waals surface area contributed by atoms with Crippen molar-refractivity contribution in [3.63, 3.8) is 0 Å². The average Bonchev–Trinajstić information content (AvgIpc) is 3.20. The minimum atomic E-state index is -0.182. The molecule has 0 aliphatic heterocycles. The molecule has 1 amide bonds. The van der Waals surface area contributed by atoms with Crippen LogP contribution in [0.4, 0.5) is 0 Å². The minimum Gasteiger partial charge on any atom is -0.346 e. The van der Waals surface area contributed by atoms with Gasteiger partial charge in [0.1, 0.15) is 5.01 Å². The zero-order valence-electron chi connectivity index (χ0n) is 14.5. The molecule has 4 nitrogen and oxygen atoms in total. The van der Waals surface area contributed by atoms with Gasteiger partial charge in [-0.15, -0.1) is 22.0 Å². The van der Waals surface area contributed by atoms with Gasteiger partial charge < -0.3 is 5.32 Å². The van der Waals surface area contributed by atoms with Crippen molar-refractivity contribution in [2.45, 2.75) is 17.2 Å². The number of nitrogens with zero attached hydrogens (tertiary/aromatic N) is 2. The molecule has 0 unspecified atom stereocenters. The second-order valence-electron chi connectivity index (χ2n) is 5.97. The van der Waals surface area contributed by atoms with Gasteiger partial charge >= 0.3 is 0 Å². The number of nitrogens with one attached hydrogen (secondary N) is 1. The second kappa shape index (κ2) is 8.33. The predicted molar refractivity (Wildman–Crippen MR) is 111 cm³/mol. The van der Waals surface area contributed by atoms with Gasteiger partial charge in [-0.3, -0.25) is 4.79 Å². The molecule has 4 rings (SSSR count). The van der Waals surface area contributed by atoms with E-state index in [-0.39, 0.29) is 5.91 Å². The molecule has 6 heteroatoms. The summed E-state index contributed by atoms with van der Waals surface area (Å²) in [7, 11) is 0. The standard InChI is InChI=1S/C21H17N3OS2/c25-20(22-13-15-6-2-1-3-7-15)21-24-23-19(27-21)14-26-18-11-10-16-8-4-5-9-17(16)12-18/h1-12H,13-14H2,(H,22,25). The van der Waals surface area contributed by atoms with Crippen LogP contribution in [0.25, 0.3) is 10.8 Å². The van der Waals surface area contributed by atoms with Gasteiger partial charge in [0, 0.05) is 11.4 Å². The number of rotatable bonds is 6. The summed E-state index contributed by atoms with van der Waals surface area (Å²) in [5, 5.41) is 14.8. The van der Waals surface area contributed by atoms with Crippen LogP contribution in [0.1, 0.15) is 20.4 Å². The predicted octanol–water partition coefficient (Wildman–Crippen LogP) is 4.91. The molecular weight excluding hydrogens is 374 g/mol. The topological polar surface area (TPSA) is 54.9 Å². The Hall–Kier alpha value is -2.70. The van der Waals surface area contributed by atoms with Gasteiger partial charge in [-0.2, -0.15) is 0 Å².